The van der Waals surface area contributed by atoms with Gasteiger partial charge in [0.05, 0.1) is 0 Å². The quantitative estimate of drug-likeness (QED) is 0.752. The molecule has 2 heterocycles. The monoisotopic (exact) mass is 301 g/mol. The van der Waals surface area contributed by atoms with Crippen LogP contribution in [0.25, 0.3) is 11.0 Å². The zero-order valence-corrected chi connectivity index (χ0v) is 12.4. The number of phenols is 1. The van der Waals surface area contributed by atoms with Crippen molar-refractivity contribution in [2.24, 2.45) is 0 Å². The molecule has 3 aromatic rings. The lowest BCUT2D eigenvalue weighted by atomic mass is 10.1. The van der Waals surface area contributed by atoms with Crippen LogP contribution in [0.3, 0.4) is 0 Å². The van der Waals surface area contributed by atoms with Crippen molar-refractivity contribution in [3.05, 3.63) is 62.6 Å². The molecule has 21 heavy (non-hydrogen) atoms. The highest BCUT2D eigenvalue weighted by Gasteiger charge is 2.09. The lowest BCUT2D eigenvalue weighted by Gasteiger charge is -2.16. The number of benzene rings is 1. The smallest absolute Gasteiger partial charge is 0.336 e. The van der Waals surface area contributed by atoms with Crippen LogP contribution in [0.4, 0.5) is 0 Å². The Balaban J connectivity index is 1.91. The van der Waals surface area contributed by atoms with Gasteiger partial charge < -0.3 is 9.52 Å². The minimum atomic E-state index is -0.396. The van der Waals surface area contributed by atoms with Crippen molar-refractivity contribution in [1.29, 1.82) is 0 Å². The number of aromatic hydroxyl groups is 1. The lowest BCUT2D eigenvalue weighted by Crippen LogP contribution is -2.17. The SMILES string of the molecule is CN(Cc1cccs1)Cc1cc(=O)oc2cc(O)ccc12. The fourth-order valence-electron chi connectivity index (χ4n) is 2.36. The van der Waals surface area contributed by atoms with Gasteiger partial charge in [0.2, 0.25) is 0 Å². The van der Waals surface area contributed by atoms with E-state index in [0.717, 1.165) is 17.5 Å². The van der Waals surface area contributed by atoms with Crippen molar-refractivity contribution in [2.75, 3.05) is 7.05 Å². The first-order valence-corrected chi connectivity index (χ1v) is 7.46. The van der Waals surface area contributed by atoms with Crippen molar-refractivity contribution >= 4 is 22.3 Å². The van der Waals surface area contributed by atoms with Gasteiger partial charge in [-0.25, -0.2) is 4.79 Å². The third kappa shape index (κ3) is 3.15. The number of hydrogen-bond donors (Lipinski definition) is 1. The fraction of sp³-hybridized carbons (Fsp3) is 0.188. The van der Waals surface area contributed by atoms with E-state index in [1.54, 1.807) is 23.5 Å². The van der Waals surface area contributed by atoms with E-state index in [1.165, 1.54) is 17.0 Å². The molecule has 4 nitrogen and oxygen atoms in total. The summed E-state index contributed by atoms with van der Waals surface area (Å²) < 4.78 is 5.14. The number of rotatable bonds is 4. The standard InChI is InChI=1S/C16H15NO3S/c1-17(10-13-3-2-6-21-13)9-11-7-16(19)20-15-8-12(18)4-5-14(11)15/h2-8,18H,9-10H2,1H3. The van der Waals surface area contributed by atoms with Gasteiger partial charge in [0.25, 0.3) is 0 Å². The predicted octanol–water partition coefficient (Wildman–Crippen LogP) is 3.19. The van der Waals surface area contributed by atoms with Gasteiger partial charge >= 0.3 is 5.63 Å². The largest absolute Gasteiger partial charge is 0.508 e. The molecule has 0 aliphatic carbocycles. The fourth-order valence-corrected chi connectivity index (χ4v) is 3.15. The maximum Gasteiger partial charge on any atom is 0.336 e. The van der Waals surface area contributed by atoms with Gasteiger partial charge in [0.1, 0.15) is 11.3 Å². The van der Waals surface area contributed by atoms with Crippen molar-refractivity contribution in [3.8, 4) is 5.75 Å². The van der Waals surface area contributed by atoms with Gasteiger partial charge in [0, 0.05) is 35.5 Å². The molecule has 0 unspecified atom stereocenters. The van der Waals surface area contributed by atoms with E-state index >= 15 is 0 Å². The van der Waals surface area contributed by atoms with Gasteiger partial charge in [-0.15, -0.1) is 11.3 Å². The van der Waals surface area contributed by atoms with Crippen LogP contribution in [-0.4, -0.2) is 17.1 Å². The van der Waals surface area contributed by atoms with Crippen LogP contribution >= 0.6 is 11.3 Å². The molecule has 0 aliphatic heterocycles. The molecule has 0 radical (unpaired) electrons. The first kappa shape index (κ1) is 13.9. The Morgan fingerprint density at radius 2 is 2.10 bits per heavy atom. The minimum Gasteiger partial charge on any atom is -0.508 e. The predicted molar refractivity (Wildman–Crippen MR) is 83.6 cm³/mol. The van der Waals surface area contributed by atoms with Gasteiger partial charge in [-0.1, -0.05) is 6.07 Å². The third-order valence-corrected chi connectivity index (χ3v) is 4.12. The van der Waals surface area contributed by atoms with E-state index in [0.29, 0.717) is 12.1 Å². The Morgan fingerprint density at radius 1 is 1.24 bits per heavy atom. The molecular formula is C16H15NO3S. The van der Waals surface area contributed by atoms with E-state index in [2.05, 4.69) is 16.3 Å². The van der Waals surface area contributed by atoms with Crippen LogP contribution < -0.4 is 5.63 Å². The summed E-state index contributed by atoms with van der Waals surface area (Å²) in [6, 6.07) is 10.5. The highest BCUT2D eigenvalue weighted by Crippen LogP contribution is 2.23. The molecule has 1 aromatic carbocycles. The van der Waals surface area contributed by atoms with Crippen molar-refractivity contribution < 1.29 is 9.52 Å². The first-order chi connectivity index (χ1) is 10.1. The topological polar surface area (TPSA) is 53.7 Å². The van der Waals surface area contributed by atoms with Crippen LogP contribution in [-0.2, 0) is 13.1 Å². The summed E-state index contributed by atoms with van der Waals surface area (Å²) >= 11 is 1.72. The van der Waals surface area contributed by atoms with Crippen molar-refractivity contribution in [1.82, 2.24) is 4.90 Å². The molecule has 5 heteroatoms. The number of fused-ring (bicyclic) bond motifs is 1. The zero-order chi connectivity index (χ0) is 14.8. The maximum atomic E-state index is 11.6. The molecular weight excluding hydrogens is 286 g/mol. The molecule has 2 aromatic heterocycles. The second kappa shape index (κ2) is 5.71. The Hall–Kier alpha value is -2.11. The van der Waals surface area contributed by atoms with Crippen LogP contribution in [0.1, 0.15) is 10.4 Å². The highest BCUT2D eigenvalue weighted by atomic mass is 32.1. The van der Waals surface area contributed by atoms with Crippen LogP contribution in [0.2, 0.25) is 0 Å². The molecule has 0 amide bonds. The van der Waals surface area contributed by atoms with Gasteiger partial charge in [-0.3, -0.25) is 4.90 Å². The number of nitrogens with zero attached hydrogens (tertiary/aromatic N) is 1. The number of phenolic OH excluding ortho intramolecular Hbond substituents is 1. The molecule has 0 aliphatic rings. The summed E-state index contributed by atoms with van der Waals surface area (Å²) in [5.41, 5.74) is 0.926. The van der Waals surface area contributed by atoms with E-state index in [4.69, 9.17) is 4.42 Å². The molecule has 0 saturated heterocycles. The summed E-state index contributed by atoms with van der Waals surface area (Å²) in [5.74, 6) is 0.0924. The summed E-state index contributed by atoms with van der Waals surface area (Å²) in [5, 5.41) is 12.4. The van der Waals surface area contributed by atoms with E-state index in [9.17, 15) is 9.90 Å². The molecule has 0 fully saturated rings. The van der Waals surface area contributed by atoms with Gasteiger partial charge in [0.15, 0.2) is 0 Å². The zero-order valence-electron chi connectivity index (χ0n) is 11.6. The van der Waals surface area contributed by atoms with E-state index < -0.39 is 5.63 Å². The van der Waals surface area contributed by atoms with E-state index in [1.807, 2.05) is 13.1 Å². The lowest BCUT2D eigenvalue weighted by molar-refractivity contribution is 0.322. The highest BCUT2D eigenvalue weighted by molar-refractivity contribution is 7.09. The molecule has 3 rings (SSSR count). The Kier molecular flexibility index (Phi) is 3.77. The van der Waals surface area contributed by atoms with Crippen LogP contribution in [0.5, 0.6) is 5.75 Å². The Morgan fingerprint density at radius 3 is 2.86 bits per heavy atom. The van der Waals surface area contributed by atoms with Crippen molar-refractivity contribution in [2.45, 2.75) is 13.1 Å². The molecule has 0 bridgehead atoms. The summed E-state index contributed by atoms with van der Waals surface area (Å²) in [7, 11) is 2.01. The molecule has 0 spiro atoms. The molecule has 0 atom stereocenters. The van der Waals surface area contributed by atoms with Crippen molar-refractivity contribution in [3.63, 3.8) is 0 Å². The molecule has 108 valence electrons. The molecule has 1 N–H and O–H groups in total. The second-order valence-electron chi connectivity index (χ2n) is 5.02. The van der Waals surface area contributed by atoms with Crippen LogP contribution in [0.15, 0.2) is 51.0 Å². The van der Waals surface area contributed by atoms with E-state index in [-0.39, 0.29) is 5.75 Å². The minimum absolute atomic E-state index is 0.0924. The number of hydrogen-bond acceptors (Lipinski definition) is 5. The normalized spacial score (nSPS) is 11.3. The van der Waals surface area contributed by atoms with Gasteiger partial charge in [-0.2, -0.15) is 0 Å². The Bertz CT molecular complexity index is 808. The molecule has 0 saturated carbocycles. The average Bonchev–Trinajstić information content (AvgIpc) is 2.90. The first-order valence-electron chi connectivity index (χ1n) is 6.58. The third-order valence-electron chi connectivity index (χ3n) is 3.26. The maximum absolute atomic E-state index is 11.6. The number of thiophene rings is 1. The Labute approximate surface area is 125 Å². The average molecular weight is 301 g/mol. The summed E-state index contributed by atoms with van der Waals surface area (Å²) in [4.78, 5) is 15.1. The van der Waals surface area contributed by atoms with Gasteiger partial charge in [-0.05, 0) is 36.2 Å². The second-order valence-corrected chi connectivity index (χ2v) is 6.06. The summed E-state index contributed by atoms with van der Waals surface area (Å²) in [6.07, 6.45) is 0. The van der Waals surface area contributed by atoms with Crippen LogP contribution in [0, 0.1) is 0 Å². The summed E-state index contributed by atoms with van der Waals surface area (Å²) in [6.45, 7) is 1.47.